The van der Waals surface area contributed by atoms with Crippen molar-refractivity contribution in [2.24, 2.45) is 0 Å². The van der Waals surface area contributed by atoms with Gasteiger partial charge in [0.25, 0.3) is 11.8 Å². The van der Waals surface area contributed by atoms with Gasteiger partial charge >= 0.3 is 0 Å². The van der Waals surface area contributed by atoms with E-state index in [4.69, 9.17) is 11.6 Å². The van der Waals surface area contributed by atoms with Crippen LogP contribution in [-0.4, -0.2) is 17.9 Å². The second kappa shape index (κ2) is 7.09. The van der Waals surface area contributed by atoms with Crippen molar-refractivity contribution < 1.29 is 9.59 Å². The number of amides is 2. The van der Waals surface area contributed by atoms with Gasteiger partial charge in [-0.3, -0.25) is 9.59 Å². The topological polar surface area (TPSA) is 58.2 Å². The molecule has 0 spiro atoms. The van der Waals surface area contributed by atoms with Gasteiger partial charge in [-0.1, -0.05) is 29.8 Å². The van der Waals surface area contributed by atoms with Crippen molar-refractivity contribution in [3.05, 3.63) is 64.7 Å². The van der Waals surface area contributed by atoms with Gasteiger partial charge < -0.3 is 10.6 Å². The molecule has 4 nitrogen and oxygen atoms in total. The SMILES string of the molecule is CC(C)NC(=O)c1ccccc1NC(=O)c1cccc(Cl)c1. The molecule has 2 amide bonds. The maximum absolute atomic E-state index is 12.3. The Balaban J connectivity index is 2.23. The van der Waals surface area contributed by atoms with Gasteiger partial charge in [0.1, 0.15) is 0 Å². The highest BCUT2D eigenvalue weighted by atomic mass is 35.5. The predicted molar refractivity (Wildman–Crippen MR) is 88.4 cm³/mol. The van der Waals surface area contributed by atoms with Crippen LogP contribution in [0.25, 0.3) is 0 Å². The molecule has 0 aliphatic rings. The number of benzene rings is 2. The van der Waals surface area contributed by atoms with Crippen LogP contribution in [0.3, 0.4) is 0 Å². The van der Waals surface area contributed by atoms with Crippen LogP contribution >= 0.6 is 11.6 Å². The second-order valence-electron chi connectivity index (χ2n) is 5.14. The molecule has 5 heteroatoms. The molecule has 0 fully saturated rings. The first kappa shape index (κ1) is 16.0. The zero-order valence-corrected chi connectivity index (χ0v) is 13.1. The van der Waals surface area contributed by atoms with Gasteiger partial charge in [-0.05, 0) is 44.2 Å². The molecule has 0 aliphatic heterocycles. The highest BCUT2D eigenvalue weighted by molar-refractivity contribution is 6.31. The van der Waals surface area contributed by atoms with E-state index in [0.29, 0.717) is 21.8 Å². The first-order valence-electron chi connectivity index (χ1n) is 6.94. The second-order valence-corrected chi connectivity index (χ2v) is 5.57. The van der Waals surface area contributed by atoms with Crippen LogP contribution in [0.4, 0.5) is 5.69 Å². The number of hydrogen-bond donors (Lipinski definition) is 2. The molecule has 0 saturated carbocycles. The Hall–Kier alpha value is -2.33. The van der Waals surface area contributed by atoms with Crippen LogP contribution in [0.15, 0.2) is 48.5 Å². The van der Waals surface area contributed by atoms with E-state index in [0.717, 1.165) is 0 Å². The number of para-hydroxylation sites is 1. The monoisotopic (exact) mass is 316 g/mol. The number of nitrogens with one attached hydrogen (secondary N) is 2. The van der Waals surface area contributed by atoms with Crippen LogP contribution in [-0.2, 0) is 0 Å². The molecular weight excluding hydrogens is 300 g/mol. The van der Waals surface area contributed by atoms with Gasteiger partial charge in [0, 0.05) is 16.6 Å². The highest BCUT2D eigenvalue weighted by Gasteiger charge is 2.14. The lowest BCUT2D eigenvalue weighted by Gasteiger charge is -2.13. The molecular formula is C17H17ClN2O2. The summed E-state index contributed by atoms with van der Waals surface area (Å²) in [7, 11) is 0. The van der Waals surface area contributed by atoms with Crippen molar-refractivity contribution in [3.8, 4) is 0 Å². The fourth-order valence-corrected chi connectivity index (χ4v) is 2.14. The summed E-state index contributed by atoms with van der Waals surface area (Å²) in [5.41, 5.74) is 1.32. The molecule has 0 atom stereocenters. The summed E-state index contributed by atoms with van der Waals surface area (Å²) in [6, 6.07) is 13.5. The molecule has 0 aromatic heterocycles. The number of rotatable bonds is 4. The van der Waals surface area contributed by atoms with E-state index in [1.165, 1.54) is 0 Å². The zero-order valence-electron chi connectivity index (χ0n) is 12.4. The Labute approximate surface area is 134 Å². The lowest BCUT2D eigenvalue weighted by Crippen LogP contribution is -2.31. The van der Waals surface area contributed by atoms with E-state index in [1.807, 2.05) is 13.8 Å². The molecule has 2 aromatic rings. The predicted octanol–water partition coefficient (Wildman–Crippen LogP) is 3.73. The third-order valence-corrected chi connectivity index (χ3v) is 3.16. The smallest absolute Gasteiger partial charge is 0.255 e. The molecule has 0 unspecified atom stereocenters. The molecule has 114 valence electrons. The first-order chi connectivity index (χ1) is 10.5. The summed E-state index contributed by atoms with van der Waals surface area (Å²) in [5, 5.41) is 6.04. The lowest BCUT2D eigenvalue weighted by atomic mass is 10.1. The Kier molecular flexibility index (Phi) is 5.17. The van der Waals surface area contributed by atoms with E-state index in [9.17, 15) is 9.59 Å². The normalized spacial score (nSPS) is 10.4. The van der Waals surface area contributed by atoms with Crippen LogP contribution in [0.1, 0.15) is 34.6 Å². The van der Waals surface area contributed by atoms with Crippen molar-refractivity contribution in [3.63, 3.8) is 0 Å². The van der Waals surface area contributed by atoms with Gasteiger partial charge in [0.15, 0.2) is 0 Å². The Morgan fingerprint density at radius 3 is 2.41 bits per heavy atom. The quantitative estimate of drug-likeness (QED) is 0.903. The minimum atomic E-state index is -0.313. The van der Waals surface area contributed by atoms with Crippen LogP contribution in [0, 0.1) is 0 Å². The van der Waals surface area contributed by atoms with Crippen molar-refractivity contribution >= 4 is 29.1 Å². The van der Waals surface area contributed by atoms with E-state index >= 15 is 0 Å². The number of hydrogen-bond acceptors (Lipinski definition) is 2. The van der Waals surface area contributed by atoms with Crippen molar-refractivity contribution in [1.82, 2.24) is 5.32 Å². The molecule has 0 saturated heterocycles. The van der Waals surface area contributed by atoms with Crippen LogP contribution < -0.4 is 10.6 Å². The van der Waals surface area contributed by atoms with Gasteiger partial charge in [-0.2, -0.15) is 0 Å². The zero-order chi connectivity index (χ0) is 16.1. The third-order valence-electron chi connectivity index (χ3n) is 2.93. The fraction of sp³-hybridized carbons (Fsp3) is 0.176. The number of anilines is 1. The third kappa shape index (κ3) is 4.09. The summed E-state index contributed by atoms with van der Waals surface area (Å²) in [6.07, 6.45) is 0. The minimum absolute atomic E-state index is 0.0178. The Morgan fingerprint density at radius 2 is 1.73 bits per heavy atom. The molecule has 0 bridgehead atoms. The Bertz CT molecular complexity index is 699. The minimum Gasteiger partial charge on any atom is -0.350 e. The highest BCUT2D eigenvalue weighted by Crippen LogP contribution is 2.17. The molecule has 0 radical (unpaired) electrons. The number of carbonyl (C=O) groups excluding carboxylic acids is 2. The van der Waals surface area contributed by atoms with Crippen molar-refractivity contribution in [1.29, 1.82) is 0 Å². The molecule has 2 N–H and O–H groups in total. The largest absolute Gasteiger partial charge is 0.350 e. The average Bonchev–Trinajstić information content (AvgIpc) is 2.47. The van der Waals surface area contributed by atoms with E-state index < -0.39 is 0 Å². The standard InChI is InChI=1S/C17H17ClN2O2/c1-11(2)19-17(22)14-8-3-4-9-15(14)20-16(21)12-6-5-7-13(18)10-12/h3-11H,1-2H3,(H,19,22)(H,20,21). The molecule has 0 heterocycles. The number of halogens is 1. The van der Waals surface area contributed by atoms with E-state index in [1.54, 1.807) is 48.5 Å². The Morgan fingerprint density at radius 1 is 1.00 bits per heavy atom. The fourth-order valence-electron chi connectivity index (χ4n) is 1.95. The summed E-state index contributed by atoms with van der Waals surface area (Å²) >= 11 is 5.89. The summed E-state index contributed by atoms with van der Waals surface area (Å²) < 4.78 is 0. The van der Waals surface area contributed by atoms with Crippen LogP contribution in [0.2, 0.25) is 5.02 Å². The summed E-state index contributed by atoms with van der Waals surface area (Å²) in [4.78, 5) is 24.4. The maximum atomic E-state index is 12.3. The van der Waals surface area contributed by atoms with Crippen molar-refractivity contribution in [2.45, 2.75) is 19.9 Å². The van der Waals surface area contributed by atoms with Crippen molar-refractivity contribution in [2.75, 3.05) is 5.32 Å². The van der Waals surface area contributed by atoms with Gasteiger partial charge in [-0.25, -0.2) is 0 Å². The number of carbonyl (C=O) groups is 2. The summed E-state index contributed by atoms with van der Waals surface area (Å²) in [5.74, 6) is -0.538. The van der Waals surface area contributed by atoms with E-state index in [2.05, 4.69) is 10.6 Å². The van der Waals surface area contributed by atoms with Crippen LogP contribution in [0.5, 0.6) is 0 Å². The average molecular weight is 317 g/mol. The summed E-state index contributed by atoms with van der Waals surface area (Å²) in [6.45, 7) is 3.76. The van der Waals surface area contributed by atoms with Gasteiger partial charge in [-0.15, -0.1) is 0 Å². The van der Waals surface area contributed by atoms with Gasteiger partial charge in [0.05, 0.1) is 11.3 Å². The maximum Gasteiger partial charge on any atom is 0.255 e. The van der Waals surface area contributed by atoms with Gasteiger partial charge in [0.2, 0.25) is 0 Å². The molecule has 22 heavy (non-hydrogen) atoms. The molecule has 2 aromatic carbocycles. The molecule has 0 aliphatic carbocycles. The first-order valence-corrected chi connectivity index (χ1v) is 7.32. The molecule has 2 rings (SSSR count). The lowest BCUT2D eigenvalue weighted by molar-refractivity contribution is 0.0944. The van der Waals surface area contributed by atoms with E-state index in [-0.39, 0.29) is 17.9 Å².